The molecule has 1 saturated heterocycles. The lowest BCUT2D eigenvalue weighted by Gasteiger charge is -2.21. The number of carbonyl (C=O) groups is 2. The lowest BCUT2D eigenvalue weighted by atomic mass is 9.89. The van der Waals surface area contributed by atoms with Gasteiger partial charge in [0, 0.05) is 7.85 Å². The fraction of sp³-hybridized carbons (Fsp3) is 0.500. The lowest BCUT2D eigenvalue weighted by Crippen LogP contribution is -2.39. The van der Waals surface area contributed by atoms with Gasteiger partial charge >= 0.3 is 0 Å². The van der Waals surface area contributed by atoms with Crippen molar-refractivity contribution >= 4 is 11.8 Å². The molecule has 3 heteroatoms. The van der Waals surface area contributed by atoms with Gasteiger partial charge in [-0.2, -0.15) is 0 Å². The molecule has 0 radical (unpaired) electrons. The van der Waals surface area contributed by atoms with E-state index in [9.17, 15) is 9.59 Å². The third-order valence-corrected chi connectivity index (χ3v) is 3.24. The number of hydrogen-bond donors (Lipinski definition) is 1. The van der Waals surface area contributed by atoms with Crippen LogP contribution in [-0.4, -0.2) is 11.8 Å². The highest BCUT2D eigenvalue weighted by Gasteiger charge is 2.27. The van der Waals surface area contributed by atoms with Crippen molar-refractivity contribution in [1.29, 1.82) is 0 Å². The quantitative estimate of drug-likeness (QED) is 0.829. The van der Waals surface area contributed by atoms with Gasteiger partial charge in [-0.3, -0.25) is 14.9 Å². The van der Waals surface area contributed by atoms with Gasteiger partial charge in [-0.1, -0.05) is 52.0 Å². The molecule has 106 valence electrons. The summed E-state index contributed by atoms with van der Waals surface area (Å²) in [7, 11) is 0. The molecule has 1 atom stereocenters. The Balaban J connectivity index is 0.00000115. The number of benzene rings is 1. The molecule has 0 aromatic heterocycles. The van der Waals surface area contributed by atoms with Crippen molar-refractivity contribution < 1.29 is 11.0 Å². The number of imide groups is 1. The van der Waals surface area contributed by atoms with Crippen LogP contribution in [0.1, 0.15) is 64.9 Å². The summed E-state index contributed by atoms with van der Waals surface area (Å²) in [5.74, 6) is -0.0108. The first-order valence-electron chi connectivity index (χ1n) is 7.01. The molecule has 1 aromatic rings. The molecule has 2 rings (SSSR count). The number of nitrogens with one attached hydrogen (secondary N) is 1. The average molecular weight is 263 g/mol. The van der Waals surface area contributed by atoms with Crippen LogP contribution in [-0.2, 0) is 9.59 Å². The van der Waals surface area contributed by atoms with Gasteiger partial charge in [0.2, 0.25) is 11.8 Å². The Bertz CT molecular complexity index is 440. The van der Waals surface area contributed by atoms with Crippen molar-refractivity contribution in [2.45, 2.75) is 52.4 Å². The minimum atomic E-state index is -0.172. The molecule has 19 heavy (non-hydrogen) atoms. The van der Waals surface area contributed by atoms with Gasteiger partial charge in [-0.15, -0.1) is 0 Å². The van der Waals surface area contributed by atoms with E-state index >= 15 is 0 Å². The first-order chi connectivity index (χ1) is 9.08. The van der Waals surface area contributed by atoms with Gasteiger partial charge in [-0.25, -0.2) is 0 Å². The molecule has 0 aliphatic carbocycles. The van der Waals surface area contributed by atoms with Crippen molar-refractivity contribution in [3.63, 3.8) is 0 Å². The molecule has 0 bridgehead atoms. The highest BCUT2D eigenvalue weighted by atomic mass is 16.2. The van der Waals surface area contributed by atoms with Crippen molar-refractivity contribution in [3.05, 3.63) is 35.4 Å². The minimum Gasteiger partial charge on any atom is -0.296 e. The molecule has 1 N–H and O–H groups in total. The number of rotatable bonds is 2. The molecule has 2 amide bonds. The first kappa shape index (κ1) is 15.4. The normalized spacial score (nSPS) is 18.7. The Labute approximate surface area is 116 Å². The van der Waals surface area contributed by atoms with Gasteiger partial charge in [0.1, 0.15) is 0 Å². The van der Waals surface area contributed by atoms with E-state index in [1.807, 2.05) is 26.0 Å². The van der Waals surface area contributed by atoms with Crippen molar-refractivity contribution in [3.8, 4) is 0 Å². The fourth-order valence-electron chi connectivity index (χ4n) is 2.12. The van der Waals surface area contributed by atoms with Crippen LogP contribution in [0.3, 0.4) is 0 Å². The zero-order valence-corrected chi connectivity index (χ0v) is 12.2. The van der Waals surface area contributed by atoms with Crippen LogP contribution in [0.2, 0.25) is 0 Å². The summed E-state index contributed by atoms with van der Waals surface area (Å²) in [5, 5.41) is 2.39. The van der Waals surface area contributed by atoms with E-state index in [2.05, 4.69) is 31.3 Å². The smallest absolute Gasteiger partial charge is 0.234 e. The van der Waals surface area contributed by atoms with Crippen molar-refractivity contribution in [2.75, 3.05) is 0 Å². The average Bonchev–Trinajstić information content (AvgIpc) is 2.41. The molecular formula is C16H25NO2. The third kappa shape index (κ3) is 3.91. The Hall–Kier alpha value is -1.64. The van der Waals surface area contributed by atoms with E-state index in [4.69, 9.17) is 0 Å². The maximum atomic E-state index is 11.7. The molecule has 1 aliphatic rings. The number of carbonyl (C=O) groups excluding carboxylic acids is 2. The molecule has 3 nitrogen and oxygen atoms in total. The van der Waals surface area contributed by atoms with Crippen LogP contribution in [0.15, 0.2) is 24.3 Å². The molecular weight excluding hydrogens is 238 g/mol. The van der Waals surface area contributed by atoms with Gasteiger partial charge in [-0.05, 0) is 23.5 Å². The van der Waals surface area contributed by atoms with Crippen LogP contribution in [0.4, 0.5) is 0 Å². The molecule has 1 aliphatic heterocycles. The summed E-state index contributed by atoms with van der Waals surface area (Å²) in [6.07, 6.45) is 1.05. The van der Waals surface area contributed by atoms with Crippen molar-refractivity contribution in [2.24, 2.45) is 0 Å². The van der Waals surface area contributed by atoms with E-state index in [0.29, 0.717) is 18.8 Å². The summed E-state index contributed by atoms with van der Waals surface area (Å²) in [6, 6.07) is 8.11. The highest BCUT2D eigenvalue weighted by Crippen LogP contribution is 2.26. The van der Waals surface area contributed by atoms with E-state index in [1.54, 1.807) is 0 Å². The summed E-state index contributed by atoms with van der Waals surface area (Å²) < 4.78 is 0. The minimum absolute atomic E-state index is 0. The van der Waals surface area contributed by atoms with Crippen molar-refractivity contribution in [1.82, 2.24) is 5.32 Å². The third-order valence-electron chi connectivity index (χ3n) is 3.24. The molecule has 1 heterocycles. The van der Waals surface area contributed by atoms with Gasteiger partial charge < -0.3 is 0 Å². The topological polar surface area (TPSA) is 46.2 Å². The predicted molar refractivity (Wildman–Crippen MR) is 79.1 cm³/mol. The van der Waals surface area contributed by atoms with Crippen LogP contribution < -0.4 is 5.32 Å². The second kappa shape index (κ2) is 7.07. The van der Waals surface area contributed by atoms with E-state index in [1.165, 1.54) is 5.56 Å². The zero-order chi connectivity index (χ0) is 14.4. The van der Waals surface area contributed by atoms with Gasteiger partial charge in [0.05, 0.1) is 5.92 Å². The summed E-state index contributed by atoms with van der Waals surface area (Å²) in [4.78, 5) is 22.8. The summed E-state index contributed by atoms with van der Waals surface area (Å²) in [6.45, 7) is 8.28. The van der Waals surface area contributed by atoms with Crippen LogP contribution in [0, 0.1) is 0 Å². The second-order valence-electron chi connectivity index (χ2n) is 4.83. The summed E-state index contributed by atoms with van der Waals surface area (Å²) in [5.41, 5.74) is 2.26. The highest BCUT2D eigenvalue weighted by molar-refractivity contribution is 6.00. The zero-order valence-electron chi connectivity index (χ0n) is 12.2. The fourth-order valence-corrected chi connectivity index (χ4v) is 2.12. The summed E-state index contributed by atoms with van der Waals surface area (Å²) >= 11 is 0. The Morgan fingerprint density at radius 3 is 2.21 bits per heavy atom. The van der Waals surface area contributed by atoms with Crippen LogP contribution in [0.5, 0.6) is 0 Å². The molecule has 1 unspecified atom stereocenters. The Kier molecular flexibility index (Phi) is 5.74. The van der Waals surface area contributed by atoms with Gasteiger partial charge in [0.15, 0.2) is 0 Å². The van der Waals surface area contributed by atoms with E-state index < -0.39 is 0 Å². The van der Waals surface area contributed by atoms with E-state index in [0.717, 1.165) is 5.56 Å². The Morgan fingerprint density at radius 2 is 1.74 bits per heavy atom. The molecule has 1 aromatic carbocycles. The lowest BCUT2D eigenvalue weighted by molar-refractivity contribution is -0.134. The van der Waals surface area contributed by atoms with Gasteiger partial charge in [0.25, 0.3) is 0 Å². The number of amides is 2. The van der Waals surface area contributed by atoms with Crippen LogP contribution >= 0.6 is 0 Å². The molecule has 0 saturated carbocycles. The first-order valence-corrected chi connectivity index (χ1v) is 7.01. The number of piperidine rings is 1. The SMILES string of the molecule is CC.CC(C)c1ccc(C2CCC(=O)NC2=O)cc1.[HH]. The van der Waals surface area contributed by atoms with E-state index in [-0.39, 0.29) is 19.2 Å². The maximum Gasteiger partial charge on any atom is 0.234 e. The predicted octanol–water partition coefficient (Wildman–Crippen LogP) is 3.60. The maximum absolute atomic E-state index is 11.7. The monoisotopic (exact) mass is 263 g/mol. The molecule has 0 spiro atoms. The van der Waals surface area contributed by atoms with Crippen LogP contribution in [0.25, 0.3) is 0 Å². The largest absolute Gasteiger partial charge is 0.296 e. The standard InChI is InChI=1S/C14H17NO2.C2H6.H2/c1-9(2)10-3-5-11(6-4-10)12-7-8-13(16)15-14(12)17;1-2;/h3-6,9,12H,7-8H2,1-2H3,(H,15,16,17);1-2H3;1H. The second-order valence-corrected chi connectivity index (χ2v) is 4.83. The molecule has 1 fully saturated rings. The Morgan fingerprint density at radius 1 is 1.16 bits per heavy atom. The number of hydrogen-bond acceptors (Lipinski definition) is 2.